The Balaban J connectivity index is 1.74. The second kappa shape index (κ2) is 7.79. The summed E-state index contributed by atoms with van der Waals surface area (Å²) >= 11 is 1.56. The lowest BCUT2D eigenvalue weighted by molar-refractivity contribution is -0.384. The van der Waals surface area contributed by atoms with Crippen molar-refractivity contribution in [1.82, 2.24) is 4.98 Å². The van der Waals surface area contributed by atoms with E-state index in [1.165, 1.54) is 12.1 Å². The first-order chi connectivity index (χ1) is 12.6. The smallest absolute Gasteiger partial charge is 0.269 e. The minimum Gasteiger partial charge on any atom is -0.493 e. The average molecular weight is 368 g/mol. The number of aromatic nitrogens is 1. The van der Waals surface area contributed by atoms with E-state index in [2.05, 4.69) is 4.98 Å². The van der Waals surface area contributed by atoms with E-state index in [1.807, 2.05) is 36.4 Å². The first kappa shape index (κ1) is 17.6. The van der Waals surface area contributed by atoms with Crippen LogP contribution in [0.1, 0.15) is 10.6 Å². The van der Waals surface area contributed by atoms with Crippen LogP contribution in [0.25, 0.3) is 22.4 Å². The van der Waals surface area contributed by atoms with Crippen LogP contribution in [0.15, 0.2) is 48.6 Å². The zero-order valence-corrected chi connectivity index (χ0v) is 15.0. The highest BCUT2D eigenvalue weighted by Crippen LogP contribution is 2.34. The van der Waals surface area contributed by atoms with Crippen molar-refractivity contribution in [3.05, 3.63) is 69.2 Å². The van der Waals surface area contributed by atoms with Gasteiger partial charge < -0.3 is 9.47 Å². The highest BCUT2D eigenvalue weighted by molar-refractivity contribution is 7.19. The summed E-state index contributed by atoms with van der Waals surface area (Å²) in [4.78, 5) is 14.8. The predicted octanol–water partition coefficient (Wildman–Crippen LogP) is 4.95. The molecule has 0 radical (unpaired) electrons. The molecule has 1 heterocycles. The fourth-order valence-corrected chi connectivity index (χ4v) is 3.25. The molecule has 0 aliphatic carbocycles. The van der Waals surface area contributed by atoms with Crippen molar-refractivity contribution in [2.45, 2.75) is 0 Å². The highest BCUT2D eigenvalue weighted by atomic mass is 32.1. The van der Waals surface area contributed by atoms with E-state index >= 15 is 0 Å². The highest BCUT2D eigenvalue weighted by Gasteiger charge is 2.09. The predicted molar refractivity (Wildman–Crippen MR) is 104 cm³/mol. The van der Waals surface area contributed by atoms with Gasteiger partial charge in [-0.2, -0.15) is 0 Å². The molecule has 0 spiro atoms. The molecule has 3 rings (SSSR count). The van der Waals surface area contributed by atoms with Gasteiger partial charge in [0.05, 0.1) is 29.4 Å². The third-order valence-electron chi connectivity index (χ3n) is 3.65. The van der Waals surface area contributed by atoms with Crippen molar-refractivity contribution in [1.29, 1.82) is 0 Å². The van der Waals surface area contributed by atoms with Crippen LogP contribution in [0.5, 0.6) is 11.5 Å². The van der Waals surface area contributed by atoms with Crippen LogP contribution in [-0.4, -0.2) is 24.1 Å². The second-order valence-electron chi connectivity index (χ2n) is 5.29. The van der Waals surface area contributed by atoms with Gasteiger partial charge in [0.1, 0.15) is 5.01 Å². The Morgan fingerprint density at radius 2 is 1.69 bits per heavy atom. The molecule has 0 fully saturated rings. The Bertz CT molecular complexity index is 950. The van der Waals surface area contributed by atoms with Gasteiger partial charge in [-0.1, -0.05) is 18.2 Å². The number of ether oxygens (including phenoxy) is 2. The number of fused-ring (bicyclic) bond motifs is 1. The maximum absolute atomic E-state index is 10.6. The quantitative estimate of drug-likeness (QED) is 0.350. The first-order valence-electron chi connectivity index (χ1n) is 7.72. The zero-order chi connectivity index (χ0) is 18.5. The third-order valence-corrected chi connectivity index (χ3v) is 4.64. The van der Waals surface area contributed by atoms with Crippen LogP contribution in [0.2, 0.25) is 0 Å². The Labute approximate surface area is 154 Å². The molecule has 0 bridgehead atoms. The average Bonchev–Trinajstić information content (AvgIpc) is 3.06. The van der Waals surface area contributed by atoms with Crippen LogP contribution in [-0.2, 0) is 0 Å². The number of nitro benzene ring substituents is 1. The monoisotopic (exact) mass is 368 g/mol. The van der Waals surface area contributed by atoms with Crippen LogP contribution >= 0.6 is 11.3 Å². The number of methoxy groups -OCH3 is 2. The number of nitrogens with zero attached hydrogens (tertiary/aromatic N) is 2. The summed E-state index contributed by atoms with van der Waals surface area (Å²) in [7, 11) is 3.20. The van der Waals surface area contributed by atoms with Crippen molar-refractivity contribution in [2.75, 3.05) is 14.2 Å². The molecule has 0 aliphatic rings. The molecule has 2 aromatic carbocycles. The topological polar surface area (TPSA) is 74.5 Å². The lowest BCUT2D eigenvalue weighted by Gasteiger charge is -2.05. The summed E-state index contributed by atoms with van der Waals surface area (Å²) in [6.07, 6.45) is 7.53. The maximum atomic E-state index is 10.6. The number of hydrogen-bond acceptors (Lipinski definition) is 6. The van der Waals surface area contributed by atoms with Gasteiger partial charge in [0.2, 0.25) is 0 Å². The van der Waals surface area contributed by atoms with Gasteiger partial charge in [-0.25, -0.2) is 4.98 Å². The van der Waals surface area contributed by atoms with Crippen LogP contribution < -0.4 is 9.47 Å². The van der Waals surface area contributed by atoms with Crippen molar-refractivity contribution in [3.63, 3.8) is 0 Å². The SMILES string of the molecule is COc1cc2nc(C=CC=Cc3ccc([N+](=O)[O-])cc3)sc2cc1OC. The molecule has 0 aliphatic heterocycles. The summed E-state index contributed by atoms with van der Waals surface area (Å²) in [6.45, 7) is 0. The second-order valence-corrected chi connectivity index (χ2v) is 6.36. The molecule has 0 saturated heterocycles. The van der Waals surface area contributed by atoms with Gasteiger partial charge in [0.25, 0.3) is 5.69 Å². The van der Waals surface area contributed by atoms with E-state index in [1.54, 1.807) is 37.7 Å². The van der Waals surface area contributed by atoms with Crippen LogP contribution in [0, 0.1) is 10.1 Å². The molecule has 1 aromatic heterocycles. The van der Waals surface area contributed by atoms with Gasteiger partial charge in [0.15, 0.2) is 11.5 Å². The normalized spacial score (nSPS) is 11.5. The van der Waals surface area contributed by atoms with Gasteiger partial charge in [-0.15, -0.1) is 11.3 Å². The van der Waals surface area contributed by atoms with Crippen molar-refractivity contribution >= 4 is 39.4 Å². The van der Waals surface area contributed by atoms with Crippen molar-refractivity contribution < 1.29 is 14.4 Å². The Morgan fingerprint density at radius 3 is 2.35 bits per heavy atom. The van der Waals surface area contributed by atoms with E-state index in [4.69, 9.17) is 9.47 Å². The number of hydrogen-bond donors (Lipinski definition) is 0. The summed E-state index contributed by atoms with van der Waals surface area (Å²) < 4.78 is 11.6. The summed E-state index contributed by atoms with van der Waals surface area (Å²) in [5.41, 5.74) is 1.82. The molecule has 26 heavy (non-hydrogen) atoms. The van der Waals surface area contributed by atoms with E-state index in [-0.39, 0.29) is 5.69 Å². The van der Waals surface area contributed by atoms with E-state index in [9.17, 15) is 10.1 Å². The summed E-state index contributed by atoms with van der Waals surface area (Å²) in [5, 5.41) is 11.5. The Morgan fingerprint density at radius 1 is 1.04 bits per heavy atom. The molecule has 7 heteroatoms. The number of thiazole rings is 1. The largest absolute Gasteiger partial charge is 0.493 e. The Kier molecular flexibility index (Phi) is 5.28. The molecule has 0 saturated carbocycles. The minimum absolute atomic E-state index is 0.0815. The molecule has 3 aromatic rings. The number of allylic oxidation sites excluding steroid dienone is 2. The summed E-state index contributed by atoms with van der Waals surface area (Å²) in [6, 6.07) is 10.2. The summed E-state index contributed by atoms with van der Waals surface area (Å²) in [5.74, 6) is 1.33. The fourth-order valence-electron chi connectivity index (χ4n) is 2.36. The molecule has 132 valence electrons. The number of rotatable bonds is 6. The van der Waals surface area contributed by atoms with Crippen LogP contribution in [0.3, 0.4) is 0 Å². The number of benzene rings is 2. The van der Waals surface area contributed by atoms with Crippen molar-refractivity contribution in [2.24, 2.45) is 0 Å². The molecular weight excluding hydrogens is 352 g/mol. The molecule has 0 N–H and O–H groups in total. The van der Waals surface area contributed by atoms with Crippen molar-refractivity contribution in [3.8, 4) is 11.5 Å². The molecule has 0 amide bonds. The van der Waals surface area contributed by atoms with Gasteiger partial charge >= 0.3 is 0 Å². The maximum Gasteiger partial charge on any atom is 0.269 e. The minimum atomic E-state index is -0.412. The molecule has 0 atom stereocenters. The zero-order valence-electron chi connectivity index (χ0n) is 14.2. The standard InChI is InChI=1S/C19H16N2O4S/c1-24-16-11-15-18(12-17(16)25-2)26-19(20-15)6-4-3-5-13-7-9-14(10-8-13)21(22)23/h3-12H,1-2H3. The fraction of sp³-hybridized carbons (Fsp3) is 0.105. The number of nitro groups is 1. The van der Waals surface area contributed by atoms with E-state index in [0.717, 1.165) is 20.8 Å². The van der Waals surface area contributed by atoms with Gasteiger partial charge in [0, 0.05) is 24.3 Å². The molecular formula is C19H16N2O4S. The lowest BCUT2D eigenvalue weighted by atomic mass is 10.2. The van der Waals surface area contributed by atoms with Crippen LogP contribution in [0.4, 0.5) is 5.69 Å². The van der Waals surface area contributed by atoms with E-state index in [0.29, 0.717) is 11.5 Å². The molecule has 0 unspecified atom stereocenters. The lowest BCUT2D eigenvalue weighted by Crippen LogP contribution is -1.89. The van der Waals surface area contributed by atoms with Gasteiger partial charge in [-0.3, -0.25) is 10.1 Å². The molecule has 6 nitrogen and oxygen atoms in total. The van der Waals surface area contributed by atoms with Gasteiger partial charge in [-0.05, 0) is 23.8 Å². The first-order valence-corrected chi connectivity index (χ1v) is 8.54. The third kappa shape index (κ3) is 3.89. The Hall–Kier alpha value is -3.19. The van der Waals surface area contributed by atoms with E-state index < -0.39 is 4.92 Å². The number of non-ortho nitro benzene ring substituents is 1.